The van der Waals surface area contributed by atoms with Crippen LogP contribution in [-0.4, -0.2) is 28.8 Å². The first kappa shape index (κ1) is 13.4. The molecule has 0 amide bonds. The first-order valence-electron chi connectivity index (χ1n) is 5.70. The predicted molar refractivity (Wildman–Crippen MR) is 75.1 cm³/mol. The zero-order valence-electron chi connectivity index (χ0n) is 10.6. The minimum absolute atomic E-state index is 0.544. The monoisotopic (exact) mass is 284 g/mol. The molecule has 0 saturated carbocycles. The van der Waals surface area contributed by atoms with Crippen LogP contribution in [0, 0.1) is 5.92 Å². The Morgan fingerprint density at radius 2 is 2.22 bits per heavy atom. The molecule has 2 aromatic rings. The predicted octanol–water partition coefficient (Wildman–Crippen LogP) is 2.88. The van der Waals surface area contributed by atoms with Crippen molar-refractivity contribution in [2.24, 2.45) is 5.92 Å². The number of rotatable bonds is 6. The van der Waals surface area contributed by atoms with Gasteiger partial charge in [-0.1, -0.05) is 25.2 Å². The number of ether oxygens (including phenoxy) is 1. The summed E-state index contributed by atoms with van der Waals surface area (Å²) in [6.07, 6.45) is 0. The highest BCUT2D eigenvalue weighted by Gasteiger charge is 2.10. The van der Waals surface area contributed by atoms with E-state index in [1.807, 2.05) is 5.38 Å². The van der Waals surface area contributed by atoms with E-state index >= 15 is 0 Å². The van der Waals surface area contributed by atoms with E-state index < -0.39 is 0 Å². The molecule has 18 heavy (non-hydrogen) atoms. The van der Waals surface area contributed by atoms with E-state index in [0.717, 1.165) is 27.4 Å². The summed E-state index contributed by atoms with van der Waals surface area (Å²) in [7, 11) is 1.67. The highest BCUT2D eigenvalue weighted by Crippen LogP contribution is 2.27. The van der Waals surface area contributed by atoms with E-state index in [1.165, 1.54) is 11.3 Å². The molecular weight excluding hydrogens is 268 g/mol. The molecule has 5 nitrogen and oxygen atoms in total. The van der Waals surface area contributed by atoms with E-state index in [2.05, 4.69) is 34.3 Å². The van der Waals surface area contributed by atoms with E-state index in [0.29, 0.717) is 12.5 Å². The van der Waals surface area contributed by atoms with Crippen LogP contribution in [0.3, 0.4) is 0 Å². The largest absolute Gasteiger partial charge is 0.378 e. The Balaban J connectivity index is 2.04. The maximum atomic E-state index is 5.05. The molecule has 0 aliphatic rings. The molecule has 0 spiro atoms. The third-order valence-electron chi connectivity index (χ3n) is 2.13. The second kappa shape index (κ2) is 6.21. The lowest BCUT2D eigenvalue weighted by atomic mass is 10.2. The van der Waals surface area contributed by atoms with Gasteiger partial charge < -0.3 is 10.1 Å². The Hall–Kier alpha value is -1.05. The summed E-state index contributed by atoms with van der Waals surface area (Å²) < 4.78 is 5.05. The summed E-state index contributed by atoms with van der Waals surface area (Å²) in [5, 5.41) is 16.2. The van der Waals surface area contributed by atoms with Crippen molar-refractivity contribution in [3.05, 3.63) is 10.4 Å². The molecule has 0 fully saturated rings. The molecule has 2 rings (SSSR count). The molecule has 0 radical (unpaired) electrons. The third kappa shape index (κ3) is 3.47. The van der Waals surface area contributed by atoms with Gasteiger partial charge in [-0.3, -0.25) is 0 Å². The van der Waals surface area contributed by atoms with E-state index in [4.69, 9.17) is 4.74 Å². The van der Waals surface area contributed by atoms with Crippen molar-refractivity contribution in [3.63, 3.8) is 0 Å². The number of aromatic nitrogens is 3. The van der Waals surface area contributed by atoms with Gasteiger partial charge in [-0.25, -0.2) is 4.98 Å². The molecule has 2 heterocycles. The average Bonchev–Trinajstić information content (AvgIpc) is 2.94. The van der Waals surface area contributed by atoms with Crippen LogP contribution in [0.15, 0.2) is 5.38 Å². The van der Waals surface area contributed by atoms with Crippen LogP contribution in [-0.2, 0) is 11.3 Å². The topological polar surface area (TPSA) is 59.9 Å². The smallest absolute Gasteiger partial charge is 0.206 e. The second-order valence-corrected chi connectivity index (χ2v) is 6.17. The fourth-order valence-corrected chi connectivity index (χ4v) is 2.82. The highest BCUT2D eigenvalue weighted by molar-refractivity contribution is 7.18. The van der Waals surface area contributed by atoms with Crippen molar-refractivity contribution < 1.29 is 4.74 Å². The van der Waals surface area contributed by atoms with E-state index in [-0.39, 0.29) is 0 Å². The lowest BCUT2D eigenvalue weighted by molar-refractivity contribution is 0.184. The molecule has 0 aliphatic heterocycles. The van der Waals surface area contributed by atoms with Crippen LogP contribution in [0.25, 0.3) is 10.7 Å². The Kier molecular flexibility index (Phi) is 4.62. The molecule has 0 atom stereocenters. The van der Waals surface area contributed by atoms with E-state index in [1.54, 1.807) is 18.4 Å². The molecule has 98 valence electrons. The average molecular weight is 284 g/mol. The maximum absolute atomic E-state index is 5.05. The Morgan fingerprint density at radius 3 is 2.94 bits per heavy atom. The van der Waals surface area contributed by atoms with Gasteiger partial charge in [0.2, 0.25) is 5.13 Å². The van der Waals surface area contributed by atoms with Crippen molar-refractivity contribution in [1.82, 2.24) is 15.2 Å². The lowest BCUT2D eigenvalue weighted by Gasteiger charge is -2.03. The standard InChI is InChI=1S/C11H16N4OS2/c1-7(2)4-12-11-15-14-10(18-11)8-6-17-9(13-8)5-16-3/h6-7H,4-5H2,1-3H3,(H,12,15). The zero-order valence-corrected chi connectivity index (χ0v) is 12.3. The molecule has 7 heteroatoms. The number of hydrogen-bond donors (Lipinski definition) is 1. The van der Waals surface area contributed by atoms with Crippen molar-refractivity contribution >= 4 is 27.8 Å². The Bertz CT molecular complexity index is 495. The normalized spacial score (nSPS) is 11.1. The van der Waals surface area contributed by atoms with Gasteiger partial charge in [0.15, 0.2) is 5.01 Å². The van der Waals surface area contributed by atoms with Gasteiger partial charge in [-0.05, 0) is 5.92 Å². The van der Waals surface area contributed by atoms with Crippen LogP contribution < -0.4 is 5.32 Å². The summed E-state index contributed by atoms with van der Waals surface area (Å²) in [6.45, 7) is 5.77. The van der Waals surface area contributed by atoms with Gasteiger partial charge in [-0.2, -0.15) is 0 Å². The maximum Gasteiger partial charge on any atom is 0.206 e. The lowest BCUT2D eigenvalue weighted by Crippen LogP contribution is -2.07. The summed E-state index contributed by atoms with van der Waals surface area (Å²) in [6, 6.07) is 0. The van der Waals surface area contributed by atoms with Crippen LogP contribution in [0.5, 0.6) is 0 Å². The van der Waals surface area contributed by atoms with Gasteiger partial charge in [-0.15, -0.1) is 21.5 Å². The summed E-state index contributed by atoms with van der Waals surface area (Å²) >= 11 is 3.11. The van der Waals surface area contributed by atoms with Gasteiger partial charge in [0.25, 0.3) is 0 Å². The molecule has 2 aromatic heterocycles. The Morgan fingerprint density at radius 1 is 1.39 bits per heavy atom. The minimum atomic E-state index is 0.544. The minimum Gasteiger partial charge on any atom is -0.378 e. The Labute approximate surface area is 114 Å². The van der Waals surface area contributed by atoms with Gasteiger partial charge >= 0.3 is 0 Å². The summed E-state index contributed by atoms with van der Waals surface area (Å²) in [5.41, 5.74) is 0.877. The second-order valence-electron chi connectivity index (χ2n) is 4.25. The van der Waals surface area contributed by atoms with Crippen molar-refractivity contribution in [1.29, 1.82) is 0 Å². The molecule has 0 unspecified atom stereocenters. The summed E-state index contributed by atoms with van der Waals surface area (Å²) in [4.78, 5) is 4.45. The van der Waals surface area contributed by atoms with E-state index in [9.17, 15) is 0 Å². The first-order valence-corrected chi connectivity index (χ1v) is 7.39. The van der Waals surface area contributed by atoms with Crippen LogP contribution in [0.4, 0.5) is 5.13 Å². The SMILES string of the molecule is COCc1nc(-c2nnc(NCC(C)C)s2)cs1. The number of thiazole rings is 1. The van der Waals surface area contributed by atoms with Gasteiger partial charge in [0, 0.05) is 19.0 Å². The van der Waals surface area contributed by atoms with Crippen LogP contribution in [0.2, 0.25) is 0 Å². The van der Waals surface area contributed by atoms with Crippen LogP contribution >= 0.6 is 22.7 Å². The number of methoxy groups -OCH3 is 1. The van der Waals surface area contributed by atoms with Gasteiger partial charge in [0.1, 0.15) is 10.7 Å². The molecule has 0 aromatic carbocycles. The quantitative estimate of drug-likeness (QED) is 0.884. The number of anilines is 1. The van der Waals surface area contributed by atoms with Crippen molar-refractivity contribution in [2.75, 3.05) is 19.0 Å². The van der Waals surface area contributed by atoms with Gasteiger partial charge in [0.05, 0.1) is 6.61 Å². The molecular formula is C11H16N4OS2. The fraction of sp³-hybridized carbons (Fsp3) is 0.545. The third-order valence-corrected chi connectivity index (χ3v) is 3.85. The molecule has 0 saturated heterocycles. The van der Waals surface area contributed by atoms with Crippen molar-refractivity contribution in [2.45, 2.75) is 20.5 Å². The fourth-order valence-electron chi connectivity index (χ4n) is 1.29. The molecule has 0 bridgehead atoms. The number of nitrogens with one attached hydrogen (secondary N) is 1. The number of hydrogen-bond acceptors (Lipinski definition) is 7. The number of nitrogens with zero attached hydrogens (tertiary/aromatic N) is 3. The molecule has 0 aliphatic carbocycles. The first-order chi connectivity index (χ1) is 8.69. The zero-order chi connectivity index (χ0) is 13.0. The van der Waals surface area contributed by atoms with Crippen molar-refractivity contribution in [3.8, 4) is 10.7 Å². The van der Waals surface area contributed by atoms with Crippen LogP contribution in [0.1, 0.15) is 18.9 Å². The molecule has 1 N–H and O–H groups in total. The summed E-state index contributed by atoms with van der Waals surface area (Å²) in [5.74, 6) is 0.588. The highest BCUT2D eigenvalue weighted by atomic mass is 32.1.